The molecule has 1 aromatic carbocycles. The minimum absolute atomic E-state index is 0.180. The van der Waals surface area contributed by atoms with Crippen molar-refractivity contribution in [2.75, 3.05) is 10.5 Å². The number of rotatable bonds is 4. The molecule has 0 aliphatic rings. The summed E-state index contributed by atoms with van der Waals surface area (Å²) < 4.78 is 27.6. The highest BCUT2D eigenvalue weighted by molar-refractivity contribution is 7.92. The van der Waals surface area contributed by atoms with Gasteiger partial charge in [-0.3, -0.25) is 4.72 Å². The number of nitrogens with one attached hydrogen (secondary N) is 1. The van der Waals surface area contributed by atoms with Crippen molar-refractivity contribution in [1.29, 1.82) is 0 Å². The van der Waals surface area contributed by atoms with Crippen LogP contribution in [-0.4, -0.2) is 13.4 Å². The minimum Gasteiger partial charge on any atom is -0.399 e. The van der Waals surface area contributed by atoms with E-state index in [4.69, 9.17) is 17.3 Å². The predicted molar refractivity (Wildman–Crippen MR) is 85.0 cm³/mol. The molecule has 5 nitrogen and oxygen atoms in total. The highest BCUT2D eigenvalue weighted by Crippen LogP contribution is 2.24. The fourth-order valence-corrected chi connectivity index (χ4v) is 3.61. The zero-order valence-corrected chi connectivity index (χ0v) is 13.3. The highest BCUT2D eigenvalue weighted by Gasteiger charge is 2.19. The molecule has 0 spiro atoms. The second-order valence-electron chi connectivity index (χ2n) is 4.59. The molecule has 0 aliphatic heterocycles. The molecular formula is C14H16ClN3O2S. The first-order valence-corrected chi connectivity index (χ1v) is 8.24. The SMILES string of the molecule is CCc1ccc(N)cc1S(=O)(=O)Nc1ccc(Cl)nc1C. The fraction of sp³-hybridized carbons (Fsp3) is 0.214. The Morgan fingerprint density at radius 3 is 2.62 bits per heavy atom. The van der Waals surface area contributed by atoms with E-state index in [-0.39, 0.29) is 4.90 Å². The molecule has 0 saturated heterocycles. The maximum atomic E-state index is 12.5. The normalized spacial score (nSPS) is 11.4. The second kappa shape index (κ2) is 5.91. The third kappa shape index (κ3) is 3.46. The monoisotopic (exact) mass is 325 g/mol. The van der Waals surface area contributed by atoms with Crippen LogP contribution in [0.1, 0.15) is 18.2 Å². The van der Waals surface area contributed by atoms with Gasteiger partial charge in [-0.15, -0.1) is 0 Å². The quantitative estimate of drug-likeness (QED) is 0.668. The lowest BCUT2D eigenvalue weighted by atomic mass is 10.1. The standard InChI is InChI=1S/C14H16ClN3O2S/c1-3-10-4-5-11(16)8-13(10)21(19,20)18-12-6-7-14(15)17-9(12)2/h4-8,18H,3,16H2,1-2H3. The Labute approximate surface area is 129 Å². The summed E-state index contributed by atoms with van der Waals surface area (Å²) in [5.41, 5.74) is 7.71. The number of halogens is 1. The largest absolute Gasteiger partial charge is 0.399 e. The van der Waals surface area contributed by atoms with Crippen LogP contribution in [0.4, 0.5) is 11.4 Å². The van der Waals surface area contributed by atoms with Gasteiger partial charge in [0.2, 0.25) is 0 Å². The van der Waals surface area contributed by atoms with Gasteiger partial charge in [0.25, 0.3) is 10.0 Å². The van der Waals surface area contributed by atoms with Crippen molar-refractivity contribution < 1.29 is 8.42 Å². The summed E-state index contributed by atoms with van der Waals surface area (Å²) in [5, 5.41) is 0.314. The Morgan fingerprint density at radius 1 is 1.29 bits per heavy atom. The van der Waals surface area contributed by atoms with Gasteiger partial charge in [0.1, 0.15) is 5.15 Å². The number of pyridine rings is 1. The number of nitrogens with zero attached hydrogens (tertiary/aromatic N) is 1. The zero-order valence-electron chi connectivity index (χ0n) is 11.7. The average Bonchev–Trinajstić information content (AvgIpc) is 2.42. The Morgan fingerprint density at radius 2 is 2.00 bits per heavy atom. The highest BCUT2D eigenvalue weighted by atomic mass is 35.5. The number of hydrogen-bond donors (Lipinski definition) is 2. The topological polar surface area (TPSA) is 85.1 Å². The summed E-state index contributed by atoms with van der Waals surface area (Å²) in [5.74, 6) is 0. The van der Waals surface area contributed by atoms with E-state index >= 15 is 0 Å². The van der Waals surface area contributed by atoms with Crippen molar-refractivity contribution >= 4 is 33.0 Å². The molecular weight excluding hydrogens is 310 g/mol. The van der Waals surface area contributed by atoms with E-state index in [0.29, 0.717) is 34.2 Å². The number of anilines is 2. The van der Waals surface area contributed by atoms with Gasteiger partial charge in [-0.2, -0.15) is 0 Å². The van der Waals surface area contributed by atoms with Crippen molar-refractivity contribution in [3.63, 3.8) is 0 Å². The van der Waals surface area contributed by atoms with E-state index in [1.165, 1.54) is 12.1 Å². The maximum Gasteiger partial charge on any atom is 0.262 e. The Kier molecular flexibility index (Phi) is 4.39. The fourth-order valence-electron chi connectivity index (χ4n) is 1.95. The lowest BCUT2D eigenvalue weighted by Gasteiger charge is -2.13. The van der Waals surface area contributed by atoms with Crippen LogP contribution in [0, 0.1) is 6.92 Å². The number of nitrogen functional groups attached to an aromatic ring is 1. The molecule has 0 amide bonds. The van der Waals surface area contributed by atoms with E-state index in [1.807, 2.05) is 6.92 Å². The molecule has 2 rings (SSSR count). The van der Waals surface area contributed by atoms with Crippen LogP contribution in [-0.2, 0) is 16.4 Å². The molecule has 0 bridgehead atoms. The van der Waals surface area contributed by atoms with Crippen molar-refractivity contribution in [2.45, 2.75) is 25.2 Å². The molecule has 1 aromatic heterocycles. The Hall–Kier alpha value is -1.79. The number of nitrogens with two attached hydrogens (primary N) is 1. The molecule has 2 aromatic rings. The van der Waals surface area contributed by atoms with Gasteiger partial charge in [-0.25, -0.2) is 13.4 Å². The van der Waals surface area contributed by atoms with Crippen molar-refractivity contribution in [1.82, 2.24) is 4.98 Å². The molecule has 7 heteroatoms. The van der Waals surface area contributed by atoms with Gasteiger partial charge in [0.15, 0.2) is 0 Å². The van der Waals surface area contributed by atoms with Gasteiger partial charge in [0, 0.05) is 5.69 Å². The molecule has 0 aliphatic carbocycles. The smallest absolute Gasteiger partial charge is 0.262 e. The van der Waals surface area contributed by atoms with E-state index in [9.17, 15) is 8.42 Å². The maximum absolute atomic E-state index is 12.5. The number of aryl methyl sites for hydroxylation is 2. The zero-order chi connectivity index (χ0) is 15.6. The van der Waals surface area contributed by atoms with Gasteiger partial charge in [-0.05, 0) is 43.2 Å². The summed E-state index contributed by atoms with van der Waals surface area (Å²) in [7, 11) is -3.73. The van der Waals surface area contributed by atoms with Crippen LogP contribution in [0.15, 0.2) is 35.2 Å². The van der Waals surface area contributed by atoms with Crippen molar-refractivity contribution in [3.8, 4) is 0 Å². The first-order valence-electron chi connectivity index (χ1n) is 6.38. The number of aromatic nitrogens is 1. The summed E-state index contributed by atoms with van der Waals surface area (Å²) in [4.78, 5) is 4.21. The van der Waals surface area contributed by atoms with Crippen LogP contribution in [0.2, 0.25) is 5.15 Å². The second-order valence-corrected chi connectivity index (χ2v) is 6.63. The first-order chi connectivity index (χ1) is 9.83. The number of benzene rings is 1. The van der Waals surface area contributed by atoms with Crippen molar-refractivity contribution in [3.05, 3.63) is 46.7 Å². The molecule has 0 unspecified atom stereocenters. The molecule has 3 N–H and O–H groups in total. The van der Waals surface area contributed by atoms with Crippen LogP contribution < -0.4 is 10.5 Å². The Balaban J connectivity index is 2.45. The average molecular weight is 326 g/mol. The first kappa shape index (κ1) is 15.6. The third-order valence-electron chi connectivity index (χ3n) is 3.06. The molecule has 0 fully saturated rings. The molecule has 0 atom stereocenters. The predicted octanol–water partition coefficient (Wildman–Crippen LogP) is 2.99. The molecule has 0 radical (unpaired) electrons. The van der Waals surface area contributed by atoms with E-state index in [2.05, 4.69) is 9.71 Å². The molecule has 0 saturated carbocycles. The molecule has 112 valence electrons. The summed E-state index contributed by atoms with van der Waals surface area (Å²) >= 11 is 5.77. The van der Waals surface area contributed by atoms with Gasteiger partial charge in [-0.1, -0.05) is 24.6 Å². The number of hydrogen-bond acceptors (Lipinski definition) is 4. The van der Waals surface area contributed by atoms with E-state index < -0.39 is 10.0 Å². The van der Waals surface area contributed by atoms with Gasteiger partial charge < -0.3 is 5.73 Å². The van der Waals surface area contributed by atoms with Gasteiger partial charge >= 0.3 is 0 Å². The van der Waals surface area contributed by atoms with E-state index in [1.54, 1.807) is 25.1 Å². The summed E-state index contributed by atoms with van der Waals surface area (Å²) in [6, 6.07) is 7.98. The third-order valence-corrected chi connectivity index (χ3v) is 4.72. The van der Waals surface area contributed by atoms with Crippen LogP contribution in [0.3, 0.4) is 0 Å². The summed E-state index contributed by atoms with van der Waals surface area (Å²) in [6.07, 6.45) is 0.592. The van der Waals surface area contributed by atoms with E-state index in [0.717, 1.165) is 0 Å². The van der Waals surface area contributed by atoms with Crippen LogP contribution in [0.5, 0.6) is 0 Å². The molecule has 21 heavy (non-hydrogen) atoms. The van der Waals surface area contributed by atoms with Crippen LogP contribution in [0.25, 0.3) is 0 Å². The molecule has 1 heterocycles. The number of sulfonamides is 1. The van der Waals surface area contributed by atoms with Gasteiger partial charge in [0.05, 0.1) is 16.3 Å². The minimum atomic E-state index is -3.73. The summed E-state index contributed by atoms with van der Waals surface area (Å²) in [6.45, 7) is 3.57. The lowest BCUT2D eigenvalue weighted by molar-refractivity contribution is 0.600. The van der Waals surface area contributed by atoms with Crippen molar-refractivity contribution in [2.24, 2.45) is 0 Å². The Bertz CT molecular complexity index is 776. The van der Waals surface area contributed by atoms with Crippen LogP contribution >= 0.6 is 11.6 Å². The lowest BCUT2D eigenvalue weighted by Crippen LogP contribution is -2.16.